The van der Waals surface area contributed by atoms with E-state index in [0.717, 1.165) is 0 Å². The molecule has 0 saturated heterocycles. The number of amides is 1. The highest BCUT2D eigenvalue weighted by Gasteiger charge is 2.05. The van der Waals surface area contributed by atoms with E-state index in [-0.39, 0.29) is 11.2 Å². The standard InChI is InChI=1S/C14H14ClN3O/c1-10-4-2-3-5-11(10)6-7-13(19)17-12-8-9-16-14(15)18-12/h2-5,8-9H,6-7H2,1H3,(H,16,17,18,19). The third kappa shape index (κ3) is 4.03. The van der Waals surface area contributed by atoms with E-state index in [2.05, 4.69) is 15.3 Å². The van der Waals surface area contributed by atoms with Crippen molar-refractivity contribution in [2.45, 2.75) is 19.8 Å². The fraction of sp³-hybridized carbons (Fsp3) is 0.214. The van der Waals surface area contributed by atoms with Gasteiger partial charge in [-0.25, -0.2) is 9.97 Å². The molecule has 1 heterocycles. The summed E-state index contributed by atoms with van der Waals surface area (Å²) in [6, 6.07) is 9.64. The Labute approximate surface area is 116 Å². The maximum Gasteiger partial charge on any atom is 0.225 e. The molecule has 0 aliphatic carbocycles. The molecule has 0 spiro atoms. The number of aryl methyl sites for hydroxylation is 2. The fourth-order valence-electron chi connectivity index (χ4n) is 1.75. The van der Waals surface area contributed by atoms with E-state index in [4.69, 9.17) is 11.6 Å². The number of rotatable bonds is 4. The predicted octanol–water partition coefficient (Wildman–Crippen LogP) is 3.01. The lowest BCUT2D eigenvalue weighted by atomic mass is 10.0. The highest BCUT2D eigenvalue weighted by Crippen LogP contribution is 2.11. The minimum absolute atomic E-state index is 0.0852. The molecule has 1 amide bonds. The quantitative estimate of drug-likeness (QED) is 0.873. The van der Waals surface area contributed by atoms with E-state index in [1.165, 1.54) is 17.3 Å². The minimum Gasteiger partial charge on any atom is -0.311 e. The molecule has 2 rings (SSSR count). The molecule has 5 heteroatoms. The molecule has 1 aromatic carbocycles. The van der Waals surface area contributed by atoms with Gasteiger partial charge in [0.1, 0.15) is 5.82 Å². The van der Waals surface area contributed by atoms with Crippen LogP contribution in [0.25, 0.3) is 0 Å². The lowest BCUT2D eigenvalue weighted by molar-refractivity contribution is -0.116. The Morgan fingerprint density at radius 1 is 1.32 bits per heavy atom. The van der Waals surface area contributed by atoms with Crippen molar-refractivity contribution < 1.29 is 4.79 Å². The van der Waals surface area contributed by atoms with Gasteiger partial charge in [-0.15, -0.1) is 0 Å². The van der Waals surface area contributed by atoms with E-state index in [9.17, 15) is 4.79 Å². The Hall–Kier alpha value is -1.94. The molecule has 0 saturated carbocycles. The summed E-state index contributed by atoms with van der Waals surface area (Å²) in [6.45, 7) is 2.04. The summed E-state index contributed by atoms with van der Waals surface area (Å²) in [7, 11) is 0. The van der Waals surface area contributed by atoms with Gasteiger partial charge in [-0.1, -0.05) is 24.3 Å². The number of nitrogens with zero attached hydrogens (tertiary/aromatic N) is 2. The summed E-state index contributed by atoms with van der Waals surface area (Å²) in [5.41, 5.74) is 2.37. The number of anilines is 1. The van der Waals surface area contributed by atoms with Crippen LogP contribution in [-0.2, 0) is 11.2 Å². The first-order valence-corrected chi connectivity index (χ1v) is 6.36. The Morgan fingerprint density at radius 2 is 2.11 bits per heavy atom. The first-order chi connectivity index (χ1) is 9.15. The van der Waals surface area contributed by atoms with Crippen LogP contribution < -0.4 is 5.32 Å². The molecule has 19 heavy (non-hydrogen) atoms. The molecular weight excluding hydrogens is 262 g/mol. The van der Waals surface area contributed by atoms with Gasteiger partial charge in [0.25, 0.3) is 0 Å². The van der Waals surface area contributed by atoms with Crippen molar-refractivity contribution in [3.05, 3.63) is 52.9 Å². The molecule has 2 aromatic rings. The van der Waals surface area contributed by atoms with Gasteiger partial charge < -0.3 is 5.32 Å². The van der Waals surface area contributed by atoms with Crippen LogP contribution in [0.5, 0.6) is 0 Å². The Bertz CT molecular complexity index is 586. The van der Waals surface area contributed by atoms with Crippen molar-refractivity contribution in [2.75, 3.05) is 5.32 Å². The summed E-state index contributed by atoms with van der Waals surface area (Å²) in [6.07, 6.45) is 2.62. The molecule has 0 fully saturated rings. The number of halogens is 1. The Balaban J connectivity index is 1.90. The van der Waals surface area contributed by atoms with Crippen LogP contribution in [0.3, 0.4) is 0 Å². The third-order valence-electron chi connectivity index (χ3n) is 2.78. The average molecular weight is 276 g/mol. The van der Waals surface area contributed by atoms with Crippen LogP contribution in [0.15, 0.2) is 36.5 Å². The van der Waals surface area contributed by atoms with Crippen molar-refractivity contribution in [3.8, 4) is 0 Å². The molecular formula is C14H14ClN3O. The van der Waals surface area contributed by atoms with Crippen LogP contribution in [0.2, 0.25) is 5.28 Å². The molecule has 1 aromatic heterocycles. The van der Waals surface area contributed by atoms with Crippen molar-refractivity contribution in [2.24, 2.45) is 0 Å². The van der Waals surface area contributed by atoms with Gasteiger partial charge in [0, 0.05) is 12.6 Å². The second-order valence-electron chi connectivity index (χ2n) is 4.19. The van der Waals surface area contributed by atoms with Crippen molar-refractivity contribution >= 4 is 23.3 Å². The first-order valence-electron chi connectivity index (χ1n) is 5.98. The molecule has 98 valence electrons. The smallest absolute Gasteiger partial charge is 0.225 e. The molecule has 0 unspecified atom stereocenters. The number of hydrogen-bond acceptors (Lipinski definition) is 3. The van der Waals surface area contributed by atoms with Gasteiger partial charge in [-0.2, -0.15) is 0 Å². The number of carbonyl (C=O) groups is 1. The maximum atomic E-state index is 11.8. The summed E-state index contributed by atoms with van der Waals surface area (Å²) < 4.78 is 0. The van der Waals surface area contributed by atoms with E-state index in [1.807, 2.05) is 31.2 Å². The lowest BCUT2D eigenvalue weighted by Gasteiger charge is -2.06. The minimum atomic E-state index is -0.0852. The normalized spacial score (nSPS) is 10.2. The van der Waals surface area contributed by atoms with Gasteiger partial charge in [0.2, 0.25) is 11.2 Å². The second kappa shape index (κ2) is 6.29. The fourth-order valence-corrected chi connectivity index (χ4v) is 1.90. The third-order valence-corrected chi connectivity index (χ3v) is 2.96. The van der Waals surface area contributed by atoms with Crippen molar-refractivity contribution in [1.82, 2.24) is 9.97 Å². The monoisotopic (exact) mass is 275 g/mol. The summed E-state index contributed by atoms with van der Waals surface area (Å²) in [4.78, 5) is 19.5. The predicted molar refractivity (Wildman–Crippen MR) is 75.2 cm³/mol. The van der Waals surface area contributed by atoms with Crippen LogP contribution in [0.1, 0.15) is 17.5 Å². The van der Waals surface area contributed by atoms with Gasteiger partial charge >= 0.3 is 0 Å². The zero-order chi connectivity index (χ0) is 13.7. The SMILES string of the molecule is Cc1ccccc1CCC(=O)Nc1ccnc(Cl)n1. The molecule has 0 bridgehead atoms. The second-order valence-corrected chi connectivity index (χ2v) is 4.52. The number of nitrogens with one attached hydrogen (secondary N) is 1. The average Bonchev–Trinajstić information content (AvgIpc) is 2.38. The van der Waals surface area contributed by atoms with Crippen molar-refractivity contribution in [3.63, 3.8) is 0 Å². The van der Waals surface area contributed by atoms with Crippen LogP contribution >= 0.6 is 11.6 Å². The van der Waals surface area contributed by atoms with Crippen molar-refractivity contribution in [1.29, 1.82) is 0 Å². The van der Waals surface area contributed by atoms with E-state index >= 15 is 0 Å². The van der Waals surface area contributed by atoms with Gasteiger partial charge in [-0.05, 0) is 42.1 Å². The Kier molecular flexibility index (Phi) is 4.47. The maximum absolute atomic E-state index is 11.8. The molecule has 0 aliphatic heterocycles. The molecule has 1 N–H and O–H groups in total. The summed E-state index contributed by atoms with van der Waals surface area (Å²) in [5, 5.41) is 2.82. The number of hydrogen-bond donors (Lipinski definition) is 1. The zero-order valence-corrected chi connectivity index (χ0v) is 11.3. The highest BCUT2D eigenvalue weighted by molar-refractivity contribution is 6.28. The highest BCUT2D eigenvalue weighted by atomic mass is 35.5. The summed E-state index contributed by atoms with van der Waals surface area (Å²) in [5.74, 6) is 0.341. The molecule has 4 nitrogen and oxygen atoms in total. The van der Waals surface area contributed by atoms with Gasteiger partial charge in [-0.3, -0.25) is 4.79 Å². The number of carbonyl (C=O) groups excluding carboxylic acids is 1. The van der Waals surface area contributed by atoms with E-state index in [1.54, 1.807) is 6.07 Å². The van der Waals surface area contributed by atoms with Crippen LogP contribution in [0, 0.1) is 6.92 Å². The summed E-state index contributed by atoms with van der Waals surface area (Å²) >= 11 is 5.65. The zero-order valence-electron chi connectivity index (χ0n) is 10.6. The molecule has 0 aliphatic rings. The topological polar surface area (TPSA) is 54.9 Å². The number of aromatic nitrogens is 2. The first kappa shape index (κ1) is 13.5. The number of benzene rings is 1. The Morgan fingerprint density at radius 3 is 2.84 bits per heavy atom. The molecule has 0 radical (unpaired) electrons. The van der Waals surface area contributed by atoms with E-state index < -0.39 is 0 Å². The van der Waals surface area contributed by atoms with Crippen LogP contribution in [-0.4, -0.2) is 15.9 Å². The van der Waals surface area contributed by atoms with E-state index in [0.29, 0.717) is 18.7 Å². The molecule has 0 atom stereocenters. The van der Waals surface area contributed by atoms with Gasteiger partial charge in [0.15, 0.2) is 0 Å². The largest absolute Gasteiger partial charge is 0.311 e. The lowest BCUT2D eigenvalue weighted by Crippen LogP contribution is -2.13. The van der Waals surface area contributed by atoms with Gasteiger partial charge in [0.05, 0.1) is 0 Å². The van der Waals surface area contributed by atoms with Crippen LogP contribution in [0.4, 0.5) is 5.82 Å².